The van der Waals surface area contributed by atoms with Crippen LogP contribution < -0.4 is 10.6 Å². The maximum atomic E-state index is 11.6. The van der Waals surface area contributed by atoms with E-state index in [-0.39, 0.29) is 18.0 Å². The van der Waals surface area contributed by atoms with Crippen molar-refractivity contribution < 1.29 is 14.7 Å². The zero-order valence-corrected chi connectivity index (χ0v) is 10.7. The number of carboxylic acids is 1. The molecular formula is C13H22N2O3. The summed E-state index contributed by atoms with van der Waals surface area (Å²) in [6.07, 6.45) is 6.72. The van der Waals surface area contributed by atoms with Gasteiger partial charge in [-0.3, -0.25) is 4.79 Å². The molecule has 0 heterocycles. The summed E-state index contributed by atoms with van der Waals surface area (Å²) in [7, 11) is 0. The van der Waals surface area contributed by atoms with E-state index in [1.807, 2.05) is 0 Å². The van der Waals surface area contributed by atoms with Crippen molar-refractivity contribution in [3.05, 3.63) is 0 Å². The van der Waals surface area contributed by atoms with Crippen LogP contribution in [0.4, 0.5) is 4.79 Å². The standard InChI is InChI=1S/C13H22N2O3/c16-12(17)10-2-1-3-11(8-10)15-13(18)14-7-6-9-4-5-9/h9-11H,1-8H2,(H,16,17)(H2,14,15,18). The minimum atomic E-state index is -0.740. The lowest BCUT2D eigenvalue weighted by Gasteiger charge is -2.27. The number of carboxylic acid groups (broad SMARTS) is 1. The highest BCUT2D eigenvalue weighted by Gasteiger charge is 2.27. The Kier molecular flexibility index (Phi) is 4.44. The molecule has 18 heavy (non-hydrogen) atoms. The minimum Gasteiger partial charge on any atom is -0.481 e. The molecule has 2 rings (SSSR count). The van der Waals surface area contributed by atoms with Crippen LogP contribution in [0.5, 0.6) is 0 Å². The van der Waals surface area contributed by atoms with Gasteiger partial charge in [0.15, 0.2) is 0 Å². The molecule has 0 radical (unpaired) electrons. The van der Waals surface area contributed by atoms with Gasteiger partial charge in [-0.1, -0.05) is 19.3 Å². The summed E-state index contributed by atoms with van der Waals surface area (Å²) in [5.74, 6) is -0.220. The van der Waals surface area contributed by atoms with Crippen molar-refractivity contribution in [2.45, 2.75) is 51.0 Å². The van der Waals surface area contributed by atoms with E-state index in [0.29, 0.717) is 6.42 Å². The first-order chi connectivity index (χ1) is 8.65. The molecule has 0 aromatic heterocycles. The van der Waals surface area contributed by atoms with Crippen molar-refractivity contribution in [3.63, 3.8) is 0 Å². The molecule has 0 saturated heterocycles. The molecule has 0 aliphatic heterocycles. The second-order valence-electron chi connectivity index (χ2n) is 5.53. The van der Waals surface area contributed by atoms with Crippen LogP contribution in [0, 0.1) is 11.8 Å². The Morgan fingerprint density at radius 2 is 1.94 bits per heavy atom. The van der Waals surface area contributed by atoms with Crippen LogP contribution in [-0.2, 0) is 4.79 Å². The molecule has 0 aromatic carbocycles. The number of aliphatic carboxylic acids is 1. The Balaban J connectivity index is 1.64. The molecule has 102 valence electrons. The molecule has 2 atom stereocenters. The third kappa shape index (κ3) is 4.20. The van der Waals surface area contributed by atoms with Crippen LogP contribution in [0.2, 0.25) is 0 Å². The first-order valence-electron chi connectivity index (χ1n) is 6.92. The fraction of sp³-hybridized carbons (Fsp3) is 0.846. The lowest BCUT2D eigenvalue weighted by Crippen LogP contribution is -2.45. The van der Waals surface area contributed by atoms with Crippen LogP contribution in [0.25, 0.3) is 0 Å². The van der Waals surface area contributed by atoms with Gasteiger partial charge in [0.1, 0.15) is 0 Å². The molecule has 5 heteroatoms. The normalized spacial score (nSPS) is 27.6. The zero-order chi connectivity index (χ0) is 13.0. The number of urea groups is 1. The van der Waals surface area contributed by atoms with Gasteiger partial charge in [-0.15, -0.1) is 0 Å². The monoisotopic (exact) mass is 254 g/mol. The highest BCUT2D eigenvalue weighted by Crippen LogP contribution is 2.31. The number of nitrogens with one attached hydrogen (secondary N) is 2. The molecular weight excluding hydrogens is 232 g/mol. The third-order valence-electron chi connectivity index (χ3n) is 3.89. The Morgan fingerprint density at radius 3 is 2.61 bits per heavy atom. The Bertz CT molecular complexity index is 315. The maximum absolute atomic E-state index is 11.6. The van der Waals surface area contributed by atoms with E-state index in [9.17, 15) is 9.59 Å². The Hall–Kier alpha value is -1.26. The summed E-state index contributed by atoms with van der Waals surface area (Å²) in [4.78, 5) is 22.5. The lowest BCUT2D eigenvalue weighted by atomic mass is 9.86. The van der Waals surface area contributed by atoms with Gasteiger partial charge in [0.25, 0.3) is 0 Å². The van der Waals surface area contributed by atoms with Gasteiger partial charge >= 0.3 is 12.0 Å². The van der Waals surface area contributed by atoms with E-state index < -0.39 is 5.97 Å². The van der Waals surface area contributed by atoms with E-state index >= 15 is 0 Å². The summed E-state index contributed by atoms with van der Waals surface area (Å²) in [5.41, 5.74) is 0. The van der Waals surface area contributed by atoms with Crippen molar-refractivity contribution in [2.75, 3.05) is 6.54 Å². The molecule has 2 aliphatic rings. The summed E-state index contributed by atoms with van der Waals surface area (Å²) >= 11 is 0. The quantitative estimate of drug-likeness (QED) is 0.699. The van der Waals surface area contributed by atoms with Crippen LogP contribution in [0.3, 0.4) is 0 Å². The zero-order valence-electron chi connectivity index (χ0n) is 10.7. The minimum absolute atomic E-state index is 0.0146. The molecule has 2 unspecified atom stereocenters. The summed E-state index contributed by atoms with van der Waals surface area (Å²) in [6, 6.07) is -0.132. The summed E-state index contributed by atoms with van der Waals surface area (Å²) in [6.45, 7) is 0.728. The molecule has 0 aromatic rings. The molecule has 0 bridgehead atoms. The topological polar surface area (TPSA) is 78.4 Å². The highest BCUT2D eigenvalue weighted by atomic mass is 16.4. The summed E-state index contributed by atoms with van der Waals surface area (Å²) < 4.78 is 0. The molecule has 2 aliphatic carbocycles. The molecule has 2 amide bonds. The number of hydrogen-bond donors (Lipinski definition) is 3. The van der Waals surface area contributed by atoms with Gasteiger partial charge in [-0.2, -0.15) is 0 Å². The van der Waals surface area contributed by atoms with Gasteiger partial charge < -0.3 is 15.7 Å². The van der Waals surface area contributed by atoms with Crippen LogP contribution in [-0.4, -0.2) is 29.7 Å². The van der Waals surface area contributed by atoms with Crippen molar-refractivity contribution in [1.82, 2.24) is 10.6 Å². The number of amides is 2. The average Bonchev–Trinajstić information content (AvgIpc) is 3.13. The first kappa shape index (κ1) is 13.2. The number of hydrogen-bond acceptors (Lipinski definition) is 2. The second-order valence-corrected chi connectivity index (χ2v) is 5.53. The Labute approximate surface area is 107 Å². The smallest absolute Gasteiger partial charge is 0.315 e. The van der Waals surface area contributed by atoms with Gasteiger partial charge in [-0.05, 0) is 31.6 Å². The van der Waals surface area contributed by atoms with Crippen molar-refractivity contribution in [3.8, 4) is 0 Å². The van der Waals surface area contributed by atoms with Crippen molar-refractivity contribution in [1.29, 1.82) is 0 Å². The predicted octanol–water partition coefficient (Wildman–Crippen LogP) is 1.73. The second kappa shape index (κ2) is 6.07. The molecule has 0 spiro atoms. The van der Waals surface area contributed by atoms with E-state index in [1.165, 1.54) is 12.8 Å². The van der Waals surface area contributed by atoms with Crippen molar-refractivity contribution in [2.24, 2.45) is 11.8 Å². The largest absolute Gasteiger partial charge is 0.481 e. The van der Waals surface area contributed by atoms with E-state index in [2.05, 4.69) is 10.6 Å². The molecule has 2 fully saturated rings. The SMILES string of the molecule is O=C(NCCC1CC1)NC1CCCC(C(=O)O)C1. The van der Waals surface area contributed by atoms with Gasteiger partial charge in [-0.25, -0.2) is 4.79 Å². The van der Waals surface area contributed by atoms with Crippen molar-refractivity contribution >= 4 is 12.0 Å². The van der Waals surface area contributed by atoms with E-state index in [1.54, 1.807) is 0 Å². The molecule has 2 saturated carbocycles. The van der Waals surface area contributed by atoms with Crippen LogP contribution >= 0.6 is 0 Å². The highest BCUT2D eigenvalue weighted by molar-refractivity contribution is 5.74. The van der Waals surface area contributed by atoms with Crippen LogP contribution in [0.1, 0.15) is 44.9 Å². The lowest BCUT2D eigenvalue weighted by molar-refractivity contribution is -0.143. The van der Waals surface area contributed by atoms with Crippen LogP contribution in [0.15, 0.2) is 0 Å². The van der Waals surface area contributed by atoms with Gasteiger partial charge in [0.2, 0.25) is 0 Å². The molecule has 5 nitrogen and oxygen atoms in total. The maximum Gasteiger partial charge on any atom is 0.315 e. The fourth-order valence-electron chi connectivity index (χ4n) is 2.58. The number of rotatable bonds is 5. The third-order valence-corrected chi connectivity index (χ3v) is 3.89. The van der Waals surface area contributed by atoms with Gasteiger partial charge in [0.05, 0.1) is 5.92 Å². The predicted molar refractivity (Wildman–Crippen MR) is 67.3 cm³/mol. The average molecular weight is 254 g/mol. The number of carbonyl (C=O) groups excluding carboxylic acids is 1. The first-order valence-corrected chi connectivity index (χ1v) is 6.92. The fourth-order valence-corrected chi connectivity index (χ4v) is 2.58. The molecule has 3 N–H and O–H groups in total. The summed E-state index contributed by atoms with van der Waals surface area (Å²) in [5, 5.41) is 14.7. The number of carbonyl (C=O) groups is 2. The van der Waals surface area contributed by atoms with Gasteiger partial charge in [0, 0.05) is 12.6 Å². The van der Waals surface area contributed by atoms with E-state index in [4.69, 9.17) is 5.11 Å². The Morgan fingerprint density at radius 1 is 1.17 bits per heavy atom. The van der Waals surface area contributed by atoms with E-state index in [0.717, 1.165) is 38.1 Å².